The average Bonchev–Trinajstić information content (AvgIpc) is 2.81. The van der Waals surface area contributed by atoms with Crippen molar-refractivity contribution in [2.45, 2.75) is 12.8 Å². The van der Waals surface area contributed by atoms with Crippen LogP contribution in [-0.4, -0.2) is 14.5 Å². The van der Waals surface area contributed by atoms with Crippen molar-refractivity contribution in [2.24, 2.45) is 0 Å². The minimum absolute atomic E-state index is 0.300. The quantitative estimate of drug-likeness (QED) is 0.601. The van der Waals surface area contributed by atoms with Gasteiger partial charge >= 0.3 is 0 Å². The van der Waals surface area contributed by atoms with E-state index in [9.17, 15) is 0 Å². The van der Waals surface area contributed by atoms with Crippen molar-refractivity contribution in [3.8, 4) is 5.69 Å². The van der Waals surface area contributed by atoms with E-state index in [1.807, 2.05) is 35.8 Å². The van der Waals surface area contributed by atoms with Crippen molar-refractivity contribution in [3.63, 3.8) is 0 Å². The lowest BCUT2D eigenvalue weighted by molar-refractivity contribution is 0.965. The fourth-order valence-electron chi connectivity index (χ4n) is 2.14. The number of pyridine rings is 1. The van der Waals surface area contributed by atoms with E-state index in [0.29, 0.717) is 10.9 Å². The first-order valence-corrected chi connectivity index (χ1v) is 7.66. The molecule has 0 bridgehead atoms. The minimum Gasteiger partial charge on any atom is -0.278 e. The molecule has 0 radical (unpaired) electrons. The van der Waals surface area contributed by atoms with Gasteiger partial charge in [-0.05, 0) is 52.7 Å². The molecule has 2 aromatic heterocycles. The predicted molar refractivity (Wildman–Crippen MR) is 85.9 cm³/mol. The summed E-state index contributed by atoms with van der Waals surface area (Å²) in [7, 11) is 0. The summed E-state index contributed by atoms with van der Waals surface area (Å²) in [6.07, 6.45) is 1.77. The fourth-order valence-corrected chi connectivity index (χ4v) is 2.91. The summed E-state index contributed by atoms with van der Waals surface area (Å²) in [5, 5.41) is 0.651. The molecule has 102 valence electrons. The van der Waals surface area contributed by atoms with E-state index in [2.05, 4.69) is 25.9 Å². The van der Waals surface area contributed by atoms with Crippen LogP contribution >= 0.6 is 39.1 Å². The summed E-state index contributed by atoms with van der Waals surface area (Å²) in [6.45, 7) is 2.01. The van der Waals surface area contributed by atoms with Gasteiger partial charge in [0.2, 0.25) is 0 Å². The Morgan fingerprint density at radius 3 is 2.85 bits per heavy atom. The highest BCUT2D eigenvalue weighted by Gasteiger charge is 2.16. The minimum atomic E-state index is 0.300. The number of imidazole rings is 1. The highest BCUT2D eigenvalue weighted by Crippen LogP contribution is 2.30. The Bertz CT molecular complexity index is 798. The molecule has 20 heavy (non-hydrogen) atoms. The molecular weight excluding hydrogens is 361 g/mol. The average molecular weight is 371 g/mol. The first-order valence-electron chi connectivity index (χ1n) is 5.96. The molecule has 0 aliphatic carbocycles. The Kier molecular flexibility index (Phi) is 3.71. The highest BCUT2D eigenvalue weighted by atomic mass is 79.9. The molecule has 2 heterocycles. The van der Waals surface area contributed by atoms with Crippen molar-refractivity contribution in [2.75, 3.05) is 0 Å². The number of alkyl halides is 1. The SMILES string of the molecule is Cc1ccnc2c1nc(CCl)n2-c1cc(Cl)ccc1Br. The van der Waals surface area contributed by atoms with Crippen molar-refractivity contribution in [3.05, 3.63) is 51.3 Å². The summed E-state index contributed by atoms with van der Waals surface area (Å²) in [4.78, 5) is 9.02. The van der Waals surface area contributed by atoms with Crippen LogP contribution in [0.4, 0.5) is 0 Å². The zero-order valence-corrected chi connectivity index (χ0v) is 13.7. The van der Waals surface area contributed by atoms with Gasteiger partial charge < -0.3 is 0 Å². The van der Waals surface area contributed by atoms with Crippen LogP contribution in [0.1, 0.15) is 11.4 Å². The second kappa shape index (κ2) is 5.35. The third-order valence-corrected chi connectivity index (χ3v) is 4.23. The molecule has 1 aromatic carbocycles. The van der Waals surface area contributed by atoms with Crippen molar-refractivity contribution < 1.29 is 0 Å². The summed E-state index contributed by atoms with van der Waals surface area (Å²) < 4.78 is 2.85. The standard InChI is InChI=1S/C14H10BrCl2N3/c1-8-4-5-18-14-13(8)19-12(7-16)20(14)11-6-9(17)2-3-10(11)15/h2-6H,7H2,1H3. The Hall–Kier alpha value is -1.10. The van der Waals surface area contributed by atoms with E-state index in [1.54, 1.807) is 6.20 Å². The van der Waals surface area contributed by atoms with Crippen LogP contribution in [0.2, 0.25) is 5.02 Å². The smallest absolute Gasteiger partial charge is 0.165 e. The molecule has 0 saturated heterocycles. The molecular formula is C14H10BrCl2N3. The molecule has 0 saturated carbocycles. The van der Waals surface area contributed by atoms with Crippen LogP contribution in [0.3, 0.4) is 0 Å². The molecule has 3 aromatic rings. The number of benzene rings is 1. The lowest BCUT2D eigenvalue weighted by atomic mass is 10.2. The van der Waals surface area contributed by atoms with E-state index in [0.717, 1.165) is 32.7 Å². The van der Waals surface area contributed by atoms with Gasteiger partial charge in [0.15, 0.2) is 5.65 Å². The number of rotatable bonds is 2. The van der Waals surface area contributed by atoms with Crippen LogP contribution in [0.15, 0.2) is 34.9 Å². The van der Waals surface area contributed by atoms with Crippen molar-refractivity contribution in [1.82, 2.24) is 14.5 Å². The fraction of sp³-hybridized carbons (Fsp3) is 0.143. The van der Waals surface area contributed by atoms with Gasteiger partial charge in [-0.2, -0.15) is 0 Å². The zero-order chi connectivity index (χ0) is 14.3. The Morgan fingerprint density at radius 2 is 2.10 bits per heavy atom. The van der Waals surface area contributed by atoms with Gasteiger partial charge in [-0.1, -0.05) is 11.6 Å². The van der Waals surface area contributed by atoms with Gasteiger partial charge in [-0.25, -0.2) is 9.97 Å². The molecule has 0 aliphatic rings. The number of aryl methyl sites for hydroxylation is 1. The largest absolute Gasteiger partial charge is 0.278 e. The van der Waals surface area contributed by atoms with Crippen LogP contribution in [-0.2, 0) is 5.88 Å². The van der Waals surface area contributed by atoms with Crippen LogP contribution < -0.4 is 0 Å². The molecule has 6 heteroatoms. The Balaban J connectivity index is 2.40. The second-order valence-electron chi connectivity index (χ2n) is 4.39. The number of aromatic nitrogens is 3. The summed E-state index contributed by atoms with van der Waals surface area (Å²) in [5.74, 6) is 1.04. The number of halogens is 3. The molecule has 3 nitrogen and oxygen atoms in total. The van der Waals surface area contributed by atoms with Gasteiger partial charge in [-0.15, -0.1) is 11.6 Å². The molecule has 0 N–H and O–H groups in total. The van der Waals surface area contributed by atoms with Gasteiger partial charge in [0.1, 0.15) is 11.3 Å². The lowest BCUT2D eigenvalue weighted by Gasteiger charge is -2.10. The molecule has 0 atom stereocenters. The normalized spacial score (nSPS) is 11.2. The van der Waals surface area contributed by atoms with Crippen LogP contribution in [0.25, 0.3) is 16.9 Å². The number of fused-ring (bicyclic) bond motifs is 1. The van der Waals surface area contributed by atoms with E-state index in [-0.39, 0.29) is 0 Å². The van der Waals surface area contributed by atoms with Gasteiger partial charge in [-0.3, -0.25) is 4.57 Å². The molecule has 0 spiro atoms. The lowest BCUT2D eigenvalue weighted by Crippen LogP contribution is -2.01. The van der Waals surface area contributed by atoms with Crippen LogP contribution in [0, 0.1) is 6.92 Å². The van der Waals surface area contributed by atoms with E-state index < -0.39 is 0 Å². The summed E-state index contributed by atoms with van der Waals surface area (Å²) >= 11 is 15.7. The Labute approximate surface area is 134 Å². The molecule has 0 aliphatic heterocycles. The third-order valence-electron chi connectivity index (χ3n) is 3.09. The molecule has 0 fully saturated rings. The number of nitrogens with zero attached hydrogens (tertiary/aromatic N) is 3. The molecule has 3 rings (SSSR count). The first kappa shape index (κ1) is 13.9. The monoisotopic (exact) mass is 369 g/mol. The maximum Gasteiger partial charge on any atom is 0.165 e. The van der Waals surface area contributed by atoms with E-state index >= 15 is 0 Å². The zero-order valence-electron chi connectivity index (χ0n) is 10.6. The maximum absolute atomic E-state index is 6.10. The van der Waals surface area contributed by atoms with Gasteiger partial charge in [0.05, 0.1) is 11.6 Å². The maximum atomic E-state index is 6.10. The third kappa shape index (κ3) is 2.22. The second-order valence-corrected chi connectivity index (χ2v) is 5.95. The predicted octanol–water partition coefficient (Wildman–Crippen LogP) is 4.88. The summed E-state index contributed by atoms with van der Waals surface area (Å²) in [6, 6.07) is 7.53. The summed E-state index contributed by atoms with van der Waals surface area (Å²) in [5.41, 5.74) is 3.59. The van der Waals surface area contributed by atoms with Gasteiger partial charge in [0, 0.05) is 15.7 Å². The Morgan fingerprint density at radius 1 is 1.30 bits per heavy atom. The van der Waals surface area contributed by atoms with Crippen molar-refractivity contribution in [1.29, 1.82) is 0 Å². The number of hydrogen-bond acceptors (Lipinski definition) is 2. The topological polar surface area (TPSA) is 30.7 Å². The first-order chi connectivity index (χ1) is 9.61. The highest BCUT2D eigenvalue weighted by molar-refractivity contribution is 9.10. The molecule has 0 unspecified atom stereocenters. The van der Waals surface area contributed by atoms with Crippen molar-refractivity contribution >= 4 is 50.3 Å². The van der Waals surface area contributed by atoms with E-state index in [4.69, 9.17) is 23.2 Å². The van der Waals surface area contributed by atoms with Crippen LogP contribution in [0.5, 0.6) is 0 Å². The number of hydrogen-bond donors (Lipinski definition) is 0. The van der Waals surface area contributed by atoms with Gasteiger partial charge in [0.25, 0.3) is 0 Å². The van der Waals surface area contributed by atoms with E-state index in [1.165, 1.54) is 0 Å². The molecule has 0 amide bonds.